The van der Waals surface area contributed by atoms with Crippen LogP contribution in [0.15, 0.2) is 61.2 Å². The van der Waals surface area contributed by atoms with Gasteiger partial charge in [0.1, 0.15) is 24.2 Å². The van der Waals surface area contributed by atoms with Crippen LogP contribution in [0.4, 0.5) is 5.69 Å². The molecule has 0 spiro atoms. The van der Waals surface area contributed by atoms with E-state index in [1.165, 1.54) is 5.69 Å². The van der Waals surface area contributed by atoms with Crippen LogP contribution < -0.4 is 14.4 Å². The Bertz CT molecular complexity index is 746. The van der Waals surface area contributed by atoms with Crippen LogP contribution in [-0.2, 0) is 6.42 Å². The number of methoxy groups -OCH3 is 1. The van der Waals surface area contributed by atoms with Gasteiger partial charge in [0.15, 0.2) is 0 Å². The van der Waals surface area contributed by atoms with Crippen LogP contribution in [0.5, 0.6) is 11.5 Å². The molecule has 5 nitrogen and oxygen atoms in total. The summed E-state index contributed by atoms with van der Waals surface area (Å²) < 4.78 is 11.1. The van der Waals surface area contributed by atoms with Crippen LogP contribution in [0.3, 0.4) is 0 Å². The van der Waals surface area contributed by atoms with E-state index in [9.17, 15) is 5.11 Å². The standard InChI is InChI=1S/C23H30N2O3.ClH/c1-3-6-19-7-4-5-8-23(19)28-18-21(26)17-24-13-15-25(16-14-24)20-9-11-22(27-2)12-10-20;/h3-5,7-12,21,26H,1,6,13-18H2,2H3;1H. The van der Waals surface area contributed by atoms with E-state index in [4.69, 9.17) is 9.47 Å². The van der Waals surface area contributed by atoms with Crippen LogP contribution >= 0.6 is 12.4 Å². The second-order valence-electron chi connectivity index (χ2n) is 7.05. The highest BCUT2D eigenvalue weighted by Crippen LogP contribution is 2.21. The number of allylic oxidation sites excluding steroid dienone is 1. The number of benzene rings is 2. The van der Waals surface area contributed by atoms with Gasteiger partial charge in [-0.15, -0.1) is 19.0 Å². The SMILES string of the molecule is C=CCc1ccccc1OCC(O)CN1CCN(c2ccc(OC)cc2)CC1.Cl. The summed E-state index contributed by atoms with van der Waals surface area (Å²) in [7, 11) is 1.68. The van der Waals surface area contributed by atoms with Crippen molar-refractivity contribution in [3.8, 4) is 11.5 Å². The predicted octanol–water partition coefficient (Wildman–Crippen LogP) is 3.41. The van der Waals surface area contributed by atoms with Gasteiger partial charge in [-0.05, 0) is 42.3 Å². The van der Waals surface area contributed by atoms with Crippen molar-refractivity contribution in [2.45, 2.75) is 12.5 Å². The maximum atomic E-state index is 10.4. The van der Waals surface area contributed by atoms with Gasteiger partial charge in [-0.25, -0.2) is 0 Å². The molecule has 1 N–H and O–H groups in total. The lowest BCUT2D eigenvalue weighted by atomic mass is 10.1. The second kappa shape index (κ2) is 11.7. The minimum Gasteiger partial charge on any atom is -0.497 e. The molecule has 1 aliphatic rings. The van der Waals surface area contributed by atoms with Gasteiger partial charge in [-0.1, -0.05) is 24.3 Å². The Morgan fingerprint density at radius 2 is 1.76 bits per heavy atom. The highest BCUT2D eigenvalue weighted by atomic mass is 35.5. The van der Waals surface area contributed by atoms with Crippen molar-refractivity contribution in [1.82, 2.24) is 4.90 Å². The summed E-state index contributed by atoms with van der Waals surface area (Å²) in [6.45, 7) is 8.45. The first-order chi connectivity index (χ1) is 13.7. The first kappa shape index (κ1) is 23.1. The van der Waals surface area contributed by atoms with E-state index in [0.717, 1.165) is 49.7 Å². The molecule has 29 heavy (non-hydrogen) atoms. The molecule has 1 fully saturated rings. The fraction of sp³-hybridized carbons (Fsp3) is 0.391. The van der Waals surface area contributed by atoms with E-state index in [1.807, 2.05) is 42.5 Å². The van der Waals surface area contributed by atoms with Crippen LogP contribution in [0.1, 0.15) is 5.56 Å². The maximum Gasteiger partial charge on any atom is 0.122 e. The molecule has 1 aliphatic heterocycles. The Balaban J connectivity index is 0.00000300. The number of para-hydroxylation sites is 1. The monoisotopic (exact) mass is 418 g/mol. The zero-order chi connectivity index (χ0) is 19.8. The van der Waals surface area contributed by atoms with Crippen molar-refractivity contribution < 1.29 is 14.6 Å². The minimum atomic E-state index is -0.510. The molecule has 6 heteroatoms. The normalized spacial score (nSPS) is 15.3. The average Bonchev–Trinajstić information content (AvgIpc) is 2.74. The molecule has 1 unspecified atom stereocenters. The van der Waals surface area contributed by atoms with Crippen molar-refractivity contribution in [2.24, 2.45) is 0 Å². The van der Waals surface area contributed by atoms with Crippen molar-refractivity contribution >= 4 is 18.1 Å². The fourth-order valence-corrected chi connectivity index (χ4v) is 3.49. The van der Waals surface area contributed by atoms with Crippen molar-refractivity contribution in [1.29, 1.82) is 0 Å². The number of rotatable bonds is 9. The molecule has 0 aliphatic carbocycles. The molecular formula is C23H31ClN2O3. The van der Waals surface area contributed by atoms with E-state index >= 15 is 0 Å². The Hall–Kier alpha value is -2.21. The molecule has 3 rings (SSSR count). The van der Waals surface area contributed by atoms with E-state index < -0.39 is 6.10 Å². The lowest BCUT2D eigenvalue weighted by Crippen LogP contribution is -2.49. The summed E-state index contributed by atoms with van der Waals surface area (Å²) in [4.78, 5) is 4.66. The lowest BCUT2D eigenvalue weighted by molar-refractivity contribution is 0.0660. The third kappa shape index (κ3) is 6.67. The van der Waals surface area contributed by atoms with Gasteiger partial charge in [0.2, 0.25) is 0 Å². The third-order valence-electron chi connectivity index (χ3n) is 5.05. The van der Waals surface area contributed by atoms with Crippen LogP contribution in [-0.4, -0.2) is 62.6 Å². The number of hydrogen-bond donors (Lipinski definition) is 1. The molecule has 0 saturated carbocycles. The molecule has 2 aromatic rings. The topological polar surface area (TPSA) is 45.2 Å². The highest BCUT2D eigenvalue weighted by molar-refractivity contribution is 5.85. The second-order valence-corrected chi connectivity index (χ2v) is 7.05. The highest BCUT2D eigenvalue weighted by Gasteiger charge is 2.20. The first-order valence-corrected chi connectivity index (χ1v) is 9.80. The van der Waals surface area contributed by atoms with Gasteiger partial charge in [-0.3, -0.25) is 4.90 Å². The predicted molar refractivity (Wildman–Crippen MR) is 121 cm³/mol. The van der Waals surface area contributed by atoms with Crippen molar-refractivity contribution in [2.75, 3.05) is 51.3 Å². The first-order valence-electron chi connectivity index (χ1n) is 9.80. The number of aliphatic hydroxyl groups excluding tert-OH is 1. The maximum absolute atomic E-state index is 10.4. The molecule has 0 radical (unpaired) electrons. The molecule has 0 bridgehead atoms. The van der Waals surface area contributed by atoms with Gasteiger partial charge in [0.05, 0.1) is 7.11 Å². The third-order valence-corrected chi connectivity index (χ3v) is 5.05. The molecule has 1 heterocycles. The number of nitrogens with zero attached hydrogens (tertiary/aromatic N) is 2. The molecule has 1 saturated heterocycles. The number of β-amino-alcohol motifs (C(OH)–C–C–N with tert-alkyl or cyclic N) is 1. The van der Waals surface area contributed by atoms with Gasteiger partial charge >= 0.3 is 0 Å². The number of ether oxygens (including phenoxy) is 2. The summed E-state index contributed by atoms with van der Waals surface area (Å²) in [5, 5.41) is 10.4. The van der Waals surface area contributed by atoms with Gasteiger partial charge in [0.25, 0.3) is 0 Å². The van der Waals surface area contributed by atoms with Crippen molar-refractivity contribution in [3.63, 3.8) is 0 Å². The number of piperazine rings is 1. The van der Waals surface area contributed by atoms with E-state index in [1.54, 1.807) is 7.11 Å². The van der Waals surface area contributed by atoms with E-state index in [0.29, 0.717) is 13.2 Å². The molecule has 158 valence electrons. The molecule has 0 aromatic heterocycles. The van der Waals surface area contributed by atoms with Gasteiger partial charge in [-0.2, -0.15) is 0 Å². The number of anilines is 1. The molecule has 0 amide bonds. The molecule has 1 atom stereocenters. The quantitative estimate of drug-likeness (QED) is 0.632. The summed E-state index contributed by atoms with van der Waals surface area (Å²) >= 11 is 0. The molecule has 2 aromatic carbocycles. The smallest absolute Gasteiger partial charge is 0.122 e. The Morgan fingerprint density at radius 1 is 1.07 bits per heavy atom. The zero-order valence-electron chi connectivity index (χ0n) is 17.0. The number of hydrogen-bond acceptors (Lipinski definition) is 5. The Labute approximate surface area is 180 Å². The fourth-order valence-electron chi connectivity index (χ4n) is 3.49. The van der Waals surface area contributed by atoms with Crippen LogP contribution in [0.25, 0.3) is 0 Å². The summed E-state index contributed by atoms with van der Waals surface area (Å²) in [5.41, 5.74) is 2.31. The van der Waals surface area contributed by atoms with Crippen LogP contribution in [0.2, 0.25) is 0 Å². The lowest BCUT2D eigenvalue weighted by Gasteiger charge is -2.36. The van der Waals surface area contributed by atoms with E-state index in [2.05, 4.69) is 28.5 Å². The number of aliphatic hydroxyl groups is 1. The number of halogens is 1. The summed E-state index contributed by atoms with van der Waals surface area (Å²) in [5.74, 6) is 1.70. The van der Waals surface area contributed by atoms with Crippen molar-refractivity contribution in [3.05, 3.63) is 66.7 Å². The van der Waals surface area contributed by atoms with Gasteiger partial charge < -0.3 is 19.5 Å². The molecular weight excluding hydrogens is 388 g/mol. The Kier molecular flexibility index (Phi) is 9.32. The van der Waals surface area contributed by atoms with E-state index in [-0.39, 0.29) is 12.4 Å². The van der Waals surface area contributed by atoms with Gasteiger partial charge in [0, 0.05) is 38.4 Å². The van der Waals surface area contributed by atoms with Crippen LogP contribution in [0, 0.1) is 0 Å². The largest absolute Gasteiger partial charge is 0.497 e. The minimum absolute atomic E-state index is 0. The summed E-state index contributed by atoms with van der Waals surface area (Å²) in [6, 6.07) is 16.1. The summed E-state index contributed by atoms with van der Waals surface area (Å²) in [6.07, 6.45) is 2.12. The Morgan fingerprint density at radius 3 is 2.41 bits per heavy atom. The average molecular weight is 419 g/mol. The zero-order valence-corrected chi connectivity index (χ0v) is 17.8.